The van der Waals surface area contributed by atoms with Crippen LogP contribution in [0.15, 0.2) is 24.3 Å². The monoisotopic (exact) mass is 213 g/mol. The van der Waals surface area contributed by atoms with Gasteiger partial charge in [-0.15, -0.1) is 11.6 Å². The molecule has 0 aliphatic rings. The summed E-state index contributed by atoms with van der Waals surface area (Å²) >= 11 is 5.60. The fraction of sp³-hybridized carbons (Fsp3) is 0.300. The Balaban J connectivity index is 2.80. The van der Waals surface area contributed by atoms with E-state index in [2.05, 4.69) is 5.32 Å². The summed E-state index contributed by atoms with van der Waals surface area (Å²) in [6, 6.07) is 7.05. The van der Waals surface area contributed by atoms with Crippen LogP contribution in [0.1, 0.15) is 12.5 Å². The van der Waals surface area contributed by atoms with Crippen LogP contribution in [0, 0.1) is 0 Å². The Labute approximate surface area is 87.7 Å². The van der Waals surface area contributed by atoms with E-state index in [-0.39, 0.29) is 12.5 Å². The Morgan fingerprint density at radius 1 is 1.57 bits per heavy atom. The molecule has 0 bridgehead atoms. The number of aliphatic hydroxyl groups is 1. The van der Waals surface area contributed by atoms with Crippen molar-refractivity contribution >= 4 is 23.2 Å². The molecular formula is C10H12ClNO2. The average Bonchev–Trinajstić information content (AvgIpc) is 2.18. The second kappa shape index (κ2) is 4.98. The molecule has 1 amide bonds. The predicted molar refractivity (Wildman–Crippen MR) is 56.3 cm³/mol. The highest BCUT2D eigenvalue weighted by Gasteiger charge is 2.10. The topological polar surface area (TPSA) is 49.3 Å². The first kappa shape index (κ1) is 11.0. The van der Waals surface area contributed by atoms with Crippen LogP contribution in [0.4, 0.5) is 5.69 Å². The van der Waals surface area contributed by atoms with Crippen LogP contribution in [0.2, 0.25) is 0 Å². The van der Waals surface area contributed by atoms with Gasteiger partial charge in [0.1, 0.15) is 5.38 Å². The molecule has 76 valence electrons. The van der Waals surface area contributed by atoms with Crippen LogP contribution in [0.3, 0.4) is 0 Å². The summed E-state index contributed by atoms with van der Waals surface area (Å²) in [5.41, 5.74) is 1.28. The molecule has 0 aliphatic carbocycles. The van der Waals surface area contributed by atoms with E-state index in [9.17, 15) is 4.79 Å². The van der Waals surface area contributed by atoms with Crippen molar-refractivity contribution in [1.29, 1.82) is 0 Å². The van der Waals surface area contributed by atoms with Crippen molar-refractivity contribution in [2.24, 2.45) is 0 Å². The van der Waals surface area contributed by atoms with Crippen molar-refractivity contribution in [2.75, 3.05) is 5.32 Å². The van der Waals surface area contributed by atoms with E-state index in [0.717, 1.165) is 0 Å². The van der Waals surface area contributed by atoms with E-state index in [0.29, 0.717) is 11.3 Å². The fourth-order valence-corrected chi connectivity index (χ4v) is 1.07. The maximum Gasteiger partial charge on any atom is 0.242 e. The quantitative estimate of drug-likeness (QED) is 0.752. The highest BCUT2D eigenvalue weighted by Crippen LogP contribution is 2.15. The van der Waals surface area contributed by atoms with Crippen LogP contribution in [-0.2, 0) is 11.4 Å². The zero-order valence-corrected chi connectivity index (χ0v) is 8.58. The van der Waals surface area contributed by atoms with Crippen LogP contribution in [0.5, 0.6) is 0 Å². The molecule has 0 saturated carbocycles. The zero-order valence-electron chi connectivity index (χ0n) is 7.83. The minimum atomic E-state index is -0.582. The number of para-hydroxylation sites is 1. The maximum absolute atomic E-state index is 11.3. The molecule has 14 heavy (non-hydrogen) atoms. The van der Waals surface area contributed by atoms with Crippen LogP contribution in [0.25, 0.3) is 0 Å². The number of hydrogen-bond donors (Lipinski definition) is 2. The largest absolute Gasteiger partial charge is 0.392 e. The van der Waals surface area contributed by atoms with Gasteiger partial charge in [-0.3, -0.25) is 4.79 Å². The normalized spacial score (nSPS) is 12.2. The van der Waals surface area contributed by atoms with Gasteiger partial charge < -0.3 is 10.4 Å². The first-order chi connectivity index (χ1) is 6.65. The van der Waals surface area contributed by atoms with Crippen LogP contribution in [-0.4, -0.2) is 16.4 Å². The van der Waals surface area contributed by atoms with Gasteiger partial charge in [0.15, 0.2) is 0 Å². The molecule has 0 aliphatic heterocycles. The Kier molecular flexibility index (Phi) is 3.92. The lowest BCUT2D eigenvalue weighted by molar-refractivity contribution is -0.115. The van der Waals surface area contributed by atoms with Crippen molar-refractivity contribution in [3.8, 4) is 0 Å². The molecule has 4 heteroatoms. The van der Waals surface area contributed by atoms with Gasteiger partial charge in [0.05, 0.1) is 6.61 Å². The molecule has 2 N–H and O–H groups in total. The number of anilines is 1. The predicted octanol–water partition coefficient (Wildman–Crippen LogP) is 1.74. The van der Waals surface area contributed by atoms with Crippen molar-refractivity contribution in [2.45, 2.75) is 18.9 Å². The molecule has 0 heterocycles. The van der Waals surface area contributed by atoms with Gasteiger partial charge in [-0.05, 0) is 13.0 Å². The standard InChI is InChI=1S/C10H12ClNO2/c1-7(11)10(14)12-9-5-3-2-4-8(9)6-13/h2-5,7,13H,6H2,1H3,(H,12,14). The van der Waals surface area contributed by atoms with Crippen molar-refractivity contribution in [3.05, 3.63) is 29.8 Å². The van der Waals surface area contributed by atoms with Crippen molar-refractivity contribution < 1.29 is 9.90 Å². The smallest absolute Gasteiger partial charge is 0.242 e. The number of benzene rings is 1. The highest BCUT2D eigenvalue weighted by molar-refractivity contribution is 6.32. The molecule has 1 aromatic carbocycles. The third-order valence-electron chi connectivity index (χ3n) is 1.81. The number of carbonyl (C=O) groups is 1. The van der Waals surface area contributed by atoms with Gasteiger partial charge >= 0.3 is 0 Å². The third-order valence-corrected chi connectivity index (χ3v) is 2.01. The number of carbonyl (C=O) groups excluding carboxylic acids is 1. The molecule has 3 nitrogen and oxygen atoms in total. The molecule has 1 unspecified atom stereocenters. The molecule has 1 rings (SSSR count). The van der Waals surface area contributed by atoms with E-state index >= 15 is 0 Å². The van der Waals surface area contributed by atoms with E-state index < -0.39 is 5.38 Å². The van der Waals surface area contributed by atoms with Gasteiger partial charge in [0.25, 0.3) is 0 Å². The summed E-state index contributed by atoms with van der Waals surface area (Å²) in [7, 11) is 0. The van der Waals surface area contributed by atoms with Gasteiger partial charge in [-0.25, -0.2) is 0 Å². The molecular weight excluding hydrogens is 202 g/mol. The Morgan fingerprint density at radius 3 is 2.79 bits per heavy atom. The number of hydrogen-bond acceptors (Lipinski definition) is 2. The van der Waals surface area contributed by atoms with Gasteiger partial charge in [-0.2, -0.15) is 0 Å². The molecule has 0 fully saturated rings. The second-order valence-corrected chi connectivity index (χ2v) is 3.58. The Hall–Kier alpha value is -1.06. The van der Waals surface area contributed by atoms with Crippen molar-refractivity contribution in [1.82, 2.24) is 0 Å². The van der Waals surface area contributed by atoms with E-state index in [4.69, 9.17) is 16.7 Å². The van der Waals surface area contributed by atoms with Crippen molar-refractivity contribution in [3.63, 3.8) is 0 Å². The summed E-state index contributed by atoms with van der Waals surface area (Å²) in [5, 5.41) is 11.0. The first-order valence-electron chi connectivity index (χ1n) is 4.29. The number of halogens is 1. The Morgan fingerprint density at radius 2 is 2.21 bits per heavy atom. The first-order valence-corrected chi connectivity index (χ1v) is 4.72. The molecule has 0 radical (unpaired) electrons. The number of nitrogens with one attached hydrogen (secondary N) is 1. The number of rotatable bonds is 3. The molecule has 0 saturated heterocycles. The van der Waals surface area contributed by atoms with Crippen LogP contribution < -0.4 is 5.32 Å². The fourth-order valence-electron chi connectivity index (χ4n) is 1.01. The SMILES string of the molecule is CC(Cl)C(=O)Nc1ccccc1CO. The van der Waals surface area contributed by atoms with Gasteiger partial charge in [0.2, 0.25) is 5.91 Å². The average molecular weight is 214 g/mol. The third kappa shape index (κ3) is 2.72. The van der Waals surface area contributed by atoms with Gasteiger partial charge in [-0.1, -0.05) is 18.2 Å². The second-order valence-electron chi connectivity index (χ2n) is 2.92. The molecule has 0 aromatic heterocycles. The number of aliphatic hydroxyl groups excluding tert-OH is 1. The minimum absolute atomic E-state index is 0.104. The Bertz CT molecular complexity index is 326. The summed E-state index contributed by atoms with van der Waals surface area (Å²) in [5.74, 6) is -0.271. The highest BCUT2D eigenvalue weighted by atomic mass is 35.5. The lowest BCUT2D eigenvalue weighted by Crippen LogP contribution is -2.21. The number of alkyl halides is 1. The summed E-state index contributed by atoms with van der Waals surface area (Å²) in [4.78, 5) is 11.3. The lowest BCUT2D eigenvalue weighted by Gasteiger charge is -2.09. The van der Waals surface area contributed by atoms with E-state index in [1.807, 2.05) is 0 Å². The van der Waals surface area contributed by atoms with Crippen LogP contribution >= 0.6 is 11.6 Å². The molecule has 0 spiro atoms. The lowest BCUT2D eigenvalue weighted by atomic mass is 10.2. The molecule has 1 atom stereocenters. The summed E-state index contributed by atoms with van der Waals surface area (Å²) < 4.78 is 0. The maximum atomic E-state index is 11.3. The summed E-state index contributed by atoms with van der Waals surface area (Å²) in [6.45, 7) is 1.49. The summed E-state index contributed by atoms with van der Waals surface area (Å²) in [6.07, 6.45) is 0. The van der Waals surface area contributed by atoms with E-state index in [1.165, 1.54) is 0 Å². The minimum Gasteiger partial charge on any atom is -0.392 e. The van der Waals surface area contributed by atoms with Gasteiger partial charge in [0, 0.05) is 11.3 Å². The zero-order chi connectivity index (χ0) is 10.6. The number of amides is 1. The molecule has 1 aromatic rings. The van der Waals surface area contributed by atoms with E-state index in [1.54, 1.807) is 31.2 Å².